The highest BCUT2D eigenvalue weighted by Crippen LogP contribution is 2.14. The van der Waals surface area contributed by atoms with Gasteiger partial charge in [0, 0.05) is 17.7 Å². The minimum Gasteiger partial charge on any atom is -0.326 e. The molecule has 0 saturated heterocycles. The largest absolute Gasteiger partial charge is 0.326 e. The molecular formula is C17H16FNO4S. The zero-order valence-corrected chi connectivity index (χ0v) is 13.8. The van der Waals surface area contributed by atoms with Crippen molar-refractivity contribution in [1.29, 1.82) is 0 Å². The number of ketones is 1. The maximum Gasteiger partial charge on any atom is 0.225 e. The van der Waals surface area contributed by atoms with Gasteiger partial charge in [0.05, 0.1) is 10.6 Å². The highest BCUT2D eigenvalue weighted by atomic mass is 32.2. The Labute approximate surface area is 139 Å². The topological polar surface area (TPSA) is 80.3 Å². The summed E-state index contributed by atoms with van der Waals surface area (Å²) in [7, 11) is -3.65. The summed E-state index contributed by atoms with van der Waals surface area (Å²) in [5.41, 5.74) is 0.996. The fraction of sp³-hybridized carbons (Fsp3) is 0.176. The fourth-order valence-corrected chi connectivity index (χ4v) is 3.24. The first-order valence-electron chi connectivity index (χ1n) is 7.17. The maximum absolute atomic E-state index is 12.8. The molecule has 1 amide bonds. The number of nitrogens with one attached hydrogen (secondary N) is 1. The van der Waals surface area contributed by atoms with Crippen LogP contribution in [0.4, 0.5) is 10.1 Å². The lowest BCUT2D eigenvalue weighted by Crippen LogP contribution is -2.17. The first kappa shape index (κ1) is 17.8. The first-order chi connectivity index (χ1) is 11.3. The van der Waals surface area contributed by atoms with Gasteiger partial charge in [-0.3, -0.25) is 9.59 Å². The van der Waals surface area contributed by atoms with Crippen LogP contribution < -0.4 is 5.32 Å². The molecule has 0 heterocycles. The van der Waals surface area contributed by atoms with Crippen LogP contribution >= 0.6 is 0 Å². The second-order valence-corrected chi connectivity index (χ2v) is 7.31. The molecule has 24 heavy (non-hydrogen) atoms. The van der Waals surface area contributed by atoms with Gasteiger partial charge in [0.1, 0.15) is 5.82 Å². The van der Waals surface area contributed by atoms with Crippen LogP contribution in [0.1, 0.15) is 23.7 Å². The molecule has 7 heteroatoms. The smallest absolute Gasteiger partial charge is 0.225 e. The van der Waals surface area contributed by atoms with Crippen LogP contribution in [0.25, 0.3) is 0 Å². The van der Waals surface area contributed by atoms with Crippen molar-refractivity contribution in [3.8, 4) is 0 Å². The van der Waals surface area contributed by atoms with Crippen molar-refractivity contribution in [2.45, 2.75) is 18.2 Å². The van der Waals surface area contributed by atoms with E-state index in [1.165, 1.54) is 19.1 Å². The molecule has 0 bridgehead atoms. The summed E-state index contributed by atoms with van der Waals surface area (Å²) in [6.07, 6.45) is -0.228. The van der Waals surface area contributed by atoms with Crippen molar-refractivity contribution >= 4 is 27.2 Å². The van der Waals surface area contributed by atoms with E-state index in [2.05, 4.69) is 5.32 Å². The third-order valence-corrected chi connectivity index (χ3v) is 5.08. The average molecular weight is 349 g/mol. The number of benzene rings is 2. The third-order valence-electron chi connectivity index (χ3n) is 3.35. The lowest BCUT2D eigenvalue weighted by molar-refractivity contribution is -0.115. The van der Waals surface area contributed by atoms with Crippen LogP contribution in [0.2, 0.25) is 0 Å². The minimum absolute atomic E-state index is 0.0255. The Morgan fingerprint density at radius 3 is 2.12 bits per heavy atom. The van der Waals surface area contributed by atoms with Crippen molar-refractivity contribution < 1.29 is 22.4 Å². The van der Waals surface area contributed by atoms with E-state index in [1.54, 1.807) is 24.3 Å². The molecule has 0 atom stereocenters. The fourth-order valence-electron chi connectivity index (χ4n) is 2.00. The predicted molar refractivity (Wildman–Crippen MR) is 88.1 cm³/mol. The average Bonchev–Trinajstić information content (AvgIpc) is 2.54. The molecule has 0 unspecified atom stereocenters. The highest BCUT2D eigenvalue weighted by molar-refractivity contribution is 7.91. The summed E-state index contributed by atoms with van der Waals surface area (Å²) in [5, 5.41) is 2.57. The van der Waals surface area contributed by atoms with Crippen molar-refractivity contribution in [2.75, 3.05) is 11.1 Å². The molecule has 126 valence electrons. The van der Waals surface area contributed by atoms with Crippen LogP contribution in [-0.2, 0) is 14.6 Å². The Morgan fingerprint density at radius 1 is 1.00 bits per heavy atom. The van der Waals surface area contributed by atoms with E-state index in [4.69, 9.17) is 0 Å². The summed E-state index contributed by atoms with van der Waals surface area (Å²) in [6, 6.07) is 10.8. The molecule has 0 fully saturated rings. The van der Waals surface area contributed by atoms with Gasteiger partial charge < -0.3 is 5.32 Å². The zero-order valence-electron chi connectivity index (χ0n) is 13.0. The van der Waals surface area contributed by atoms with Crippen molar-refractivity contribution in [1.82, 2.24) is 0 Å². The maximum atomic E-state index is 12.8. The van der Waals surface area contributed by atoms with Crippen LogP contribution in [0.5, 0.6) is 0 Å². The van der Waals surface area contributed by atoms with Crippen molar-refractivity contribution in [3.05, 3.63) is 59.9 Å². The van der Waals surface area contributed by atoms with E-state index in [1.807, 2.05) is 0 Å². The van der Waals surface area contributed by atoms with E-state index in [0.717, 1.165) is 12.1 Å². The van der Waals surface area contributed by atoms with Crippen LogP contribution in [0, 0.1) is 5.82 Å². The molecule has 2 aromatic rings. The predicted octanol–water partition coefficient (Wildman–Crippen LogP) is 2.83. The molecule has 0 saturated carbocycles. The molecule has 2 aromatic carbocycles. The number of anilines is 1. The van der Waals surface area contributed by atoms with Gasteiger partial charge in [-0.25, -0.2) is 12.8 Å². The highest BCUT2D eigenvalue weighted by Gasteiger charge is 2.16. The number of hydrogen-bond acceptors (Lipinski definition) is 4. The summed E-state index contributed by atoms with van der Waals surface area (Å²) >= 11 is 0. The van der Waals surface area contributed by atoms with Gasteiger partial charge in [-0.15, -0.1) is 0 Å². The van der Waals surface area contributed by atoms with Crippen molar-refractivity contribution in [2.24, 2.45) is 0 Å². The Hall–Kier alpha value is -2.54. The van der Waals surface area contributed by atoms with Gasteiger partial charge in [0.25, 0.3) is 0 Å². The number of halogens is 1. The van der Waals surface area contributed by atoms with Gasteiger partial charge in [0.2, 0.25) is 5.91 Å². The lowest BCUT2D eigenvalue weighted by atomic mass is 10.1. The summed E-state index contributed by atoms with van der Waals surface area (Å²) in [5.74, 6) is -1.45. The Morgan fingerprint density at radius 2 is 1.58 bits per heavy atom. The molecule has 0 aliphatic rings. The number of carbonyl (C=O) groups excluding carboxylic acids is 2. The molecule has 5 nitrogen and oxygen atoms in total. The summed E-state index contributed by atoms with van der Waals surface area (Å²) in [6.45, 7) is 1.44. The van der Waals surface area contributed by atoms with E-state index < -0.39 is 21.6 Å². The van der Waals surface area contributed by atoms with Crippen LogP contribution in [0.3, 0.4) is 0 Å². The molecule has 0 aliphatic heterocycles. The number of sulfone groups is 1. The summed E-state index contributed by atoms with van der Waals surface area (Å²) < 4.78 is 37.0. The quantitative estimate of drug-likeness (QED) is 0.642. The molecule has 0 aromatic heterocycles. The standard InChI is InChI=1S/C17H16FNO4S/c1-12(20)13-2-6-15(7-3-13)19-17(21)10-11-24(22,23)16-8-4-14(18)5-9-16/h2-9H,10-11H2,1H3,(H,19,21). The zero-order chi connectivity index (χ0) is 17.7. The number of amides is 1. The van der Waals surface area contributed by atoms with Gasteiger partial charge >= 0.3 is 0 Å². The van der Waals surface area contributed by atoms with Crippen molar-refractivity contribution in [3.63, 3.8) is 0 Å². The minimum atomic E-state index is -3.65. The molecule has 0 spiro atoms. The van der Waals surface area contributed by atoms with E-state index >= 15 is 0 Å². The lowest BCUT2D eigenvalue weighted by Gasteiger charge is -2.07. The normalized spacial score (nSPS) is 11.1. The molecule has 1 N–H and O–H groups in total. The monoisotopic (exact) mass is 349 g/mol. The number of hydrogen-bond donors (Lipinski definition) is 1. The number of Topliss-reactive ketones (excluding diaryl/α,β-unsaturated/α-hetero) is 1. The Bertz CT molecular complexity index is 843. The second-order valence-electron chi connectivity index (χ2n) is 5.20. The number of rotatable bonds is 6. The van der Waals surface area contributed by atoms with E-state index in [9.17, 15) is 22.4 Å². The number of carbonyl (C=O) groups is 2. The molecular weight excluding hydrogens is 333 g/mol. The van der Waals surface area contributed by atoms with Gasteiger partial charge in [0.15, 0.2) is 15.6 Å². The van der Waals surface area contributed by atoms with E-state index in [0.29, 0.717) is 11.3 Å². The third kappa shape index (κ3) is 4.73. The SMILES string of the molecule is CC(=O)c1ccc(NC(=O)CCS(=O)(=O)c2ccc(F)cc2)cc1. The van der Waals surface area contributed by atoms with Crippen LogP contribution in [0.15, 0.2) is 53.4 Å². The molecule has 2 rings (SSSR count). The van der Waals surface area contributed by atoms with Gasteiger partial charge in [-0.1, -0.05) is 0 Å². The summed E-state index contributed by atoms with van der Waals surface area (Å²) in [4.78, 5) is 23.0. The van der Waals surface area contributed by atoms with Gasteiger partial charge in [-0.2, -0.15) is 0 Å². The van der Waals surface area contributed by atoms with Gasteiger partial charge in [-0.05, 0) is 55.5 Å². The first-order valence-corrected chi connectivity index (χ1v) is 8.82. The Balaban J connectivity index is 1.95. The second kappa shape index (κ2) is 7.35. The van der Waals surface area contributed by atoms with Crippen LogP contribution in [-0.4, -0.2) is 25.9 Å². The molecule has 0 radical (unpaired) electrons. The van der Waals surface area contributed by atoms with E-state index in [-0.39, 0.29) is 22.9 Å². The Kier molecular flexibility index (Phi) is 5.46. The molecule has 0 aliphatic carbocycles.